The molecule has 1 aliphatic rings. The molecule has 0 bridgehead atoms. The van der Waals surface area contributed by atoms with Gasteiger partial charge in [0.2, 0.25) is 0 Å². The van der Waals surface area contributed by atoms with Crippen molar-refractivity contribution in [2.24, 2.45) is 0 Å². The van der Waals surface area contributed by atoms with E-state index in [9.17, 15) is 4.79 Å². The van der Waals surface area contributed by atoms with Crippen molar-refractivity contribution >= 4 is 11.7 Å². The van der Waals surface area contributed by atoms with Crippen molar-refractivity contribution in [2.45, 2.75) is 6.04 Å². The number of aromatic nitrogens is 2. The predicted molar refractivity (Wildman–Crippen MR) is 77.8 cm³/mol. The van der Waals surface area contributed by atoms with Crippen molar-refractivity contribution in [3.63, 3.8) is 0 Å². The highest BCUT2D eigenvalue weighted by Crippen LogP contribution is 2.05. The summed E-state index contributed by atoms with van der Waals surface area (Å²) in [5.74, 6) is 0.406. The van der Waals surface area contributed by atoms with Gasteiger partial charge in [0.25, 0.3) is 5.91 Å². The number of piperazine rings is 1. The molecule has 0 radical (unpaired) electrons. The van der Waals surface area contributed by atoms with E-state index in [-0.39, 0.29) is 5.91 Å². The minimum Gasteiger partial charge on any atom is -0.372 e. The van der Waals surface area contributed by atoms with Gasteiger partial charge < -0.3 is 15.5 Å². The average molecular weight is 278 g/mol. The fraction of sp³-hybridized carbons (Fsp3) is 0.615. The number of carbonyl (C=O) groups is 1. The molecule has 1 unspecified atom stereocenters. The molecule has 2 N–H and O–H groups in total. The van der Waals surface area contributed by atoms with E-state index in [1.165, 1.54) is 6.20 Å². The first-order valence-corrected chi connectivity index (χ1v) is 6.77. The highest BCUT2D eigenvalue weighted by Gasteiger charge is 2.22. The smallest absolute Gasteiger partial charge is 0.271 e. The van der Waals surface area contributed by atoms with Gasteiger partial charge in [-0.25, -0.2) is 4.98 Å². The Morgan fingerprint density at radius 2 is 2.20 bits per heavy atom. The van der Waals surface area contributed by atoms with Gasteiger partial charge in [-0.2, -0.15) is 0 Å². The quantitative estimate of drug-likeness (QED) is 0.773. The highest BCUT2D eigenvalue weighted by atomic mass is 16.1. The molecule has 0 spiro atoms. The first-order valence-electron chi connectivity index (χ1n) is 6.77. The van der Waals surface area contributed by atoms with Gasteiger partial charge in [-0.15, -0.1) is 0 Å². The lowest BCUT2D eigenvalue weighted by Crippen LogP contribution is -2.54. The second-order valence-corrected chi connectivity index (χ2v) is 5.15. The van der Waals surface area contributed by atoms with Crippen LogP contribution in [0.2, 0.25) is 0 Å². The second kappa shape index (κ2) is 6.62. The van der Waals surface area contributed by atoms with Gasteiger partial charge in [0.15, 0.2) is 0 Å². The van der Waals surface area contributed by atoms with Gasteiger partial charge in [0.1, 0.15) is 11.5 Å². The van der Waals surface area contributed by atoms with E-state index in [1.807, 2.05) is 0 Å². The summed E-state index contributed by atoms with van der Waals surface area (Å²) in [7, 11) is 5.94. The molecule has 2 heterocycles. The van der Waals surface area contributed by atoms with E-state index in [0.29, 0.717) is 24.1 Å². The molecule has 1 aromatic rings. The summed E-state index contributed by atoms with van der Waals surface area (Å²) in [5.41, 5.74) is 0.337. The van der Waals surface area contributed by atoms with Crippen molar-refractivity contribution in [3.8, 4) is 0 Å². The van der Waals surface area contributed by atoms with Gasteiger partial charge >= 0.3 is 0 Å². The lowest BCUT2D eigenvalue weighted by molar-refractivity contribution is 0.0876. The van der Waals surface area contributed by atoms with E-state index in [2.05, 4.69) is 44.5 Å². The molecule has 7 nitrogen and oxygen atoms in total. The first kappa shape index (κ1) is 14.7. The topological polar surface area (TPSA) is 73.4 Å². The lowest BCUT2D eigenvalue weighted by Gasteiger charge is -2.37. The van der Waals surface area contributed by atoms with Crippen LogP contribution < -0.4 is 10.6 Å². The van der Waals surface area contributed by atoms with Crippen molar-refractivity contribution in [1.29, 1.82) is 0 Å². The summed E-state index contributed by atoms with van der Waals surface area (Å²) in [4.78, 5) is 24.8. The molecular formula is C13H22N6O. The van der Waals surface area contributed by atoms with Gasteiger partial charge in [-0.05, 0) is 14.1 Å². The zero-order chi connectivity index (χ0) is 14.5. The van der Waals surface area contributed by atoms with Gasteiger partial charge in [-0.1, -0.05) is 0 Å². The average Bonchev–Trinajstić information content (AvgIpc) is 2.48. The Balaban J connectivity index is 1.91. The number of carbonyl (C=O) groups excluding carboxylic acids is 1. The summed E-state index contributed by atoms with van der Waals surface area (Å²) in [6.45, 7) is 3.66. The minimum absolute atomic E-state index is 0.184. The zero-order valence-electron chi connectivity index (χ0n) is 12.3. The number of nitrogens with zero attached hydrogens (tertiary/aromatic N) is 4. The number of hydrogen-bond donors (Lipinski definition) is 2. The van der Waals surface area contributed by atoms with Crippen molar-refractivity contribution < 1.29 is 4.79 Å². The SMILES string of the molecule is CNc1cncc(C(=O)NCC2CN(C)CCN2C)n1. The summed E-state index contributed by atoms with van der Waals surface area (Å²) < 4.78 is 0. The van der Waals surface area contributed by atoms with Crippen molar-refractivity contribution in [2.75, 3.05) is 52.6 Å². The standard InChI is InChI=1S/C13H22N6O/c1-14-12-8-15-7-11(17-12)13(20)16-6-10-9-18(2)4-5-19(10)3/h7-8,10H,4-6,9H2,1-3H3,(H,14,17)(H,16,20). The van der Waals surface area contributed by atoms with Crippen LogP contribution in [-0.2, 0) is 0 Å². The van der Waals surface area contributed by atoms with Crippen LogP contribution in [0, 0.1) is 0 Å². The summed E-state index contributed by atoms with van der Waals surface area (Å²) in [6.07, 6.45) is 3.06. The molecule has 1 amide bonds. The fourth-order valence-electron chi connectivity index (χ4n) is 2.22. The molecule has 1 atom stereocenters. The molecule has 0 aromatic carbocycles. The number of hydrogen-bond acceptors (Lipinski definition) is 6. The second-order valence-electron chi connectivity index (χ2n) is 5.15. The first-order chi connectivity index (χ1) is 9.60. The predicted octanol–water partition coefficient (Wildman–Crippen LogP) is -0.506. The Morgan fingerprint density at radius 1 is 1.40 bits per heavy atom. The zero-order valence-corrected chi connectivity index (χ0v) is 12.3. The van der Waals surface area contributed by atoms with Gasteiger partial charge in [-0.3, -0.25) is 14.7 Å². The van der Waals surface area contributed by atoms with Crippen molar-refractivity contribution in [1.82, 2.24) is 25.1 Å². The molecule has 20 heavy (non-hydrogen) atoms. The maximum Gasteiger partial charge on any atom is 0.271 e. The largest absolute Gasteiger partial charge is 0.372 e. The summed E-state index contributed by atoms with van der Waals surface area (Å²) >= 11 is 0. The molecule has 110 valence electrons. The maximum absolute atomic E-state index is 12.1. The number of anilines is 1. The van der Waals surface area contributed by atoms with Crippen LogP contribution in [0.25, 0.3) is 0 Å². The van der Waals surface area contributed by atoms with E-state index in [0.717, 1.165) is 19.6 Å². The number of likely N-dealkylation sites (N-methyl/N-ethyl adjacent to an activating group) is 2. The Labute approximate surface area is 119 Å². The molecule has 7 heteroatoms. The van der Waals surface area contributed by atoms with E-state index in [4.69, 9.17) is 0 Å². The number of nitrogens with one attached hydrogen (secondary N) is 2. The van der Waals surface area contributed by atoms with E-state index >= 15 is 0 Å². The Bertz CT molecular complexity index is 466. The molecule has 0 aliphatic carbocycles. The van der Waals surface area contributed by atoms with Crippen LogP contribution in [0.4, 0.5) is 5.82 Å². The van der Waals surface area contributed by atoms with Crippen molar-refractivity contribution in [3.05, 3.63) is 18.1 Å². The third-order valence-corrected chi connectivity index (χ3v) is 3.60. The van der Waals surface area contributed by atoms with Crippen LogP contribution >= 0.6 is 0 Å². The highest BCUT2D eigenvalue weighted by molar-refractivity contribution is 5.92. The Hall–Kier alpha value is -1.73. The van der Waals surface area contributed by atoms with E-state index in [1.54, 1.807) is 13.2 Å². The fourth-order valence-corrected chi connectivity index (χ4v) is 2.22. The third kappa shape index (κ3) is 3.64. The molecule has 1 aliphatic heterocycles. The lowest BCUT2D eigenvalue weighted by atomic mass is 10.2. The Kier molecular flexibility index (Phi) is 4.86. The van der Waals surface area contributed by atoms with E-state index < -0.39 is 0 Å². The van der Waals surface area contributed by atoms with Gasteiger partial charge in [0.05, 0.1) is 12.4 Å². The molecular weight excluding hydrogens is 256 g/mol. The summed E-state index contributed by atoms with van der Waals surface area (Å²) in [6, 6.07) is 0.332. The molecule has 0 saturated carbocycles. The molecule has 1 fully saturated rings. The Morgan fingerprint density at radius 3 is 2.95 bits per heavy atom. The number of amides is 1. The van der Waals surface area contributed by atoms with Crippen LogP contribution in [0.3, 0.4) is 0 Å². The van der Waals surface area contributed by atoms with Crippen LogP contribution in [0.1, 0.15) is 10.5 Å². The monoisotopic (exact) mass is 278 g/mol. The van der Waals surface area contributed by atoms with Crippen LogP contribution in [0.5, 0.6) is 0 Å². The molecule has 1 aromatic heterocycles. The maximum atomic E-state index is 12.1. The molecule has 1 saturated heterocycles. The van der Waals surface area contributed by atoms with Gasteiger partial charge in [0, 0.05) is 39.3 Å². The molecule has 2 rings (SSSR count). The summed E-state index contributed by atoms with van der Waals surface area (Å²) in [5, 5.41) is 5.81. The van der Waals surface area contributed by atoms with Crippen LogP contribution in [-0.4, -0.2) is 79.0 Å². The van der Waals surface area contributed by atoms with Crippen LogP contribution in [0.15, 0.2) is 12.4 Å². The third-order valence-electron chi connectivity index (χ3n) is 3.60. The normalized spacial score (nSPS) is 20.6. The number of rotatable bonds is 4. The minimum atomic E-state index is -0.184.